The summed E-state index contributed by atoms with van der Waals surface area (Å²) in [6, 6.07) is 12.2. The Labute approximate surface area is 207 Å². The molecule has 2 aromatic carbocycles. The molecule has 188 valence electrons. The monoisotopic (exact) mass is 480 g/mol. The minimum absolute atomic E-state index is 0.159. The summed E-state index contributed by atoms with van der Waals surface area (Å²) in [4.78, 5) is 19.8. The molecule has 1 amide bonds. The zero-order valence-corrected chi connectivity index (χ0v) is 20.8. The van der Waals surface area contributed by atoms with Crippen LogP contribution in [0.25, 0.3) is 0 Å². The minimum atomic E-state index is -0.401. The standard InChI is InChI=1S/C27H36N4O4/c1-29-11-13-31(14-12-29)25-9-10-26(33-2)23-8-7-22(19-24(23)25)35-27(32)28-20-3-5-21(6-4-20)30-15-17-34-18-16-30/h3-6,9-10,22H,7-8,11-19H2,1-2H3,(H,28,32)/t22-/m1/s1. The van der Waals surface area contributed by atoms with E-state index < -0.39 is 6.09 Å². The molecular weight excluding hydrogens is 444 g/mol. The second-order valence-electron chi connectivity index (χ2n) is 9.58. The Morgan fingerprint density at radius 1 is 0.943 bits per heavy atom. The molecule has 0 aromatic heterocycles. The molecule has 1 atom stereocenters. The van der Waals surface area contributed by atoms with Crippen LogP contribution in [0, 0.1) is 0 Å². The van der Waals surface area contributed by atoms with Gasteiger partial charge in [-0.2, -0.15) is 0 Å². The van der Waals surface area contributed by atoms with Crippen LogP contribution in [0.15, 0.2) is 36.4 Å². The summed E-state index contributed by atoms with van der Waals surface area (Å²) in [6.07, 6.45) is 1.78. The molecule has 2 aliphatic heterocycles. The van der Waals surface area contributed by atoms with Gasteiger partial charge >= 0.3 is 6.09 Å². The van der Waals surface area contributed by atoms with Crippen molar-refractivity contribution in [3.05, 3.63) is 47.5 Å². The highest BCUT2D eigenvalue weighted by Crippen LogP contribution is 2.37. The number of carbonyl (C=O) groups is 1. The average Bonchev–Trinajstić information content (AvgIpc) is 2.89. The first-order chi connectivity index (χ1) is 17.1. The lowest BCUT2D eigenvalue weighted by Gasteiger charge is -2.37. The second kappa shape index (κ2) is 10.7. The van der Waals surface area contributed by atoms with E-state index >= 15 is 0 Å². The SMILES string of the molecule is COc1ccc(N2CCN(C)CC2)c2c1CC[C@@H](OC(=O)Nc1ccc(N3CCOCC3)cc1)C2. The number of morpholine rings is 1. The number of nitrogens with one attached hydrogen (secondary N) is 1. The molecule has 8 nitrogen and oxygen atoms in total. The first-order valence-corrected chi connectivity index (χ1v) is 12.6. The molecule has 1 N–H and O–H groups in total. The van der Waals surface area contributed by atoms with Gasteiger partial charge in [-0.15, -0.1) is 0 Å². The Balaban J connectivity index is 1.23. The van der Waals surface area contributed by atoms with Gasteiger partial charge in [0.15, 0.2) is 0 Å². The maximum atomic E-state index is 12.7. The van der Waals surface area contributed by atoms with Gasteiger partial charge in [-0.05, 0) is 67.4 Å². The number of methoxy groups -OCH3 is 1. The predicted octanol–water partition coefficient (Wildman–Crippen LogP) is 3.39. The van der Waals surface area contributed by atoms with Crippen molar-refractivity contribution in [3.8, 4) is 5.75 Å². The third kappa shape index (κ3) is 5.49. The largest absolute Gasteiger partial charge is 0.496 e. The Kier molecular flexibility index (Phi) is 7.29. The number of hydrogen-bond acceptors (Lipinski definition) is 7. The van der Waals surface area contributed by atoms with E-state index in [4.69, 9.17) is 14.2 Å². The number of carbonyl (C=O) groups excluding carboxylic acids is 1. The molecule has 5 rings (SSSR count). The van der Waals surface area contributed by atoms with Crippen LogP contribution in [0.1, 0.15) is 17.5 Å². The summed E-state index contributed by atoms with van der Waals surface area (Å²) < 4.78 is 17.0. The Morgan fingerprint density at radius 2 is 1.69 bits per heavy atom. The number of piperazine rings is 1. The van der Waals surface area contributed by atoms with E-state index in [2.05, 4.69) is 39.2 Å². The summed E-state index contributed by atoms with van der Waals surface area (Å²) in [5.74, 6) is 0.932. The summed E-state index contributed by atoms with van der Waals surface area (Å²) in [5.41, 5.74) is 5.64. The van der Waals surface area contributed by atoms with Crippen molar-refractivity contribution in [1.29, 1.82) is 0 Å². The van der Waals surface area contributed by atoms with Gasteiger partial charge in [0.05, 0.1) is 20.3 Å². The summed E-state index contributed by atoms with van der Waals surface area (Å²) in [6.45, 7) is 7.38. The van der Waals surface area contributed by atoms with E-state index in [-0.39, 0.29) is 6.10 Å². The molecule has 0 unspecified atom stereocenters. The van der Waals surface area contributed by atoms with Crippen molar-refractivity contribution in [2.24, 2.45) is 0 Å². The number of rotatable bonds is 5. The van der Waals surface area contributed by atoms with Gasteiger partial charge in [0.1, 0.15) is 11.9 Å². The molecule has 8 heteroatoms. The van der Waals surface area contributed by atoms with Crippen LogP contribution in [-0.2, 0) is 22.3 Å². The molecule has 0 bridgehead atoms. The first kappa shape index (κ1) is 23.8. The van der Waals surface area contributed by atoms with Crippen molar-refractivity contribution < 1.29 is 19.0 Å². The predicted molar refractivity (Wildman–Crippen MR) is 138 cm³/mol. The molecular formula is C27H36N4O4. The van der Waals surface area contributed by atoms with Crippen molar-refractivity contribution in [2.75, 3.05) is 81.8 Å². The van der Waals surface area contributed by atoms with Gasteiger partial charge in [0, 0.05) is 62.8 Å². The average molecular weight is 481 g/mol. The highest BCUT2D eigenvalue weighted by Gasteiger charge is 2.29. The van der Waals surface area contributed by atoms with Crippen LogP contribution in [0.2, 0.25) is 0 Å². The highest BCUT2D eigenvalue weighted by molar-refractivity contribution is 5.85. The van der Waals surface area contributed by atoms with E-state index in [1.807, 2.05) is 24.3 Å². The van der Waals surface area contributed by atoms with E-state index in [0.29, 0.717) is 6.42 Å². The second-order valence-corrected chi connectivity index (χ2v) is 9.58. The number of benzene rings is 2. The Bertz CT molecular complexity index is 1010. The lowest BCUT2D eigenvalue weighted by molar-refractivity contribution is 0.102. The number of amides is 1. The van der Waals surface area contributed by atoms with Crippen LogP contribution in [0.3, 0.4) is 0 Å². The van der Waals surface area contributed by atoms with Crippen LogP contribution in [-0.4, -0.2) is 83.7 Å². The zero-order valence-electron chi connectivity index (χ0n) is 20.8. The fourth-order valence-corrected chi connectivity index (χ4v) is 5.31. The number of nitrogens with zero attached hydrogens (tertiary/aromatic N) is 3. The number of hydrogen-bond donors (Lipinski definition) is 1. The van der Waals surface area contributed by atoms with Crippen molar-refractivity contribution in [3.63, 3.8) is 0 Å². The molecule has 0 saturated carbocycles. The first-order valence-electron chi connectivity index (χ1n) is 12.6. The quantitative estimate of drug-likeness (QED) is 0.704. The van der Waals surface area contributed by atoms with Crippen LogP contribution in [0.4, 0.5) is 21.9 Å². The van der Waals surface area contributed by atoms with Gasteiger partial charge in [-0.25, -0.2) is 4.79 Å². The number of anilines is 3. The lowest BCUT2D eigenvalue weighted by atomic mass is 9.87. The van der Waals surface area contributed by atoms with Crippen LogP contribution in [0.5, 0.6) is 5.75 Å². The normalized spacial score (nSPS) is 20.8. The van der Waals surface area contributed by atoms with Crippen LogP contribution < -0.4 is 19.9 Å². The molecule has 2 fully saturated rings. The van der Waals surface area contributed by atoms with Gasteiger partial charge in [0.2, 0.25) is 0 Å². The minimum Gasteiger partial charge on any atom is -0.496 e. The molecule has 0 radical (unpaired) electrons. The topological polar surface area (TPSA) is 66.5 Å². The van der Waals surface area contributed by atoms with E-state index in [1.54, 1.807) is 7.11 Å². The van der Waals surface area contributed by atoms with E-state index in [1.165, 1.54) is 16.8 Å². The van der Waals surface area contributed by atoms with Gasteiger partial charge < -0.3 is 28.9 Å². The summed E-state index contributed by atoms with van der Waals surface area (Å²) >= 11 is 0. The molecule has 3 aliphatic rings. The molecule has 2 aromatic rings. The van der Waals surface area contributed by atoms with Crippen LogP contribution >= 0.6 is 0 Å². The molecule has 2 heterocycles. The van der Waals surface area contributed by atoms with Crippen molar-refractivity contribution in [1.82, 2.24) is 4.90 Å². The molecule has 1 aliphatic carbocycles. The Morgan fingerprint density at radius 3 is 2.40 bits per heavy atom. The third-order valence-electron chi connectivity index (χ3n) is 7.34. The van der Waals surface area contributed by atoms with E-state index in [0.717, 1.165) is 82.4 Å². The summed E-state index contributed by atoms with van der Waals surface area (Å²) in [7, 11) is 3.89. The van der Waals surface area contributed by atoms with Gasteiger partial charge in [-0.1, -0.05) is 0 Å². The number of likely N-dealkylation sites (N-methyl/N-ethyl adjacent to an activating group) is 1. The fraction of sp³-hybridized carbons (Fsp3) is 0.519. The lowest BCUT2D eigenvalue weighted by Crippen LogP contribution is -2.45. The smallest absolute Gasteiger partial charge is 0.411 e. The van der Waals surface area contributed by atoms with Crippen molar-refractivity contribution >= 4 is 23.2 Å². The third-order valence-corrected chi connectivity index (χ3v) is 7.34. The molecule has 35 heavy (non-hydrogen) atoms. The maximum absolute atomic E-state index is 12.7. The van der Waals surface area contributed by atoms with Gasteiger partial charge in [0.25, 0.3) is 0 Å². The number of ether oxygens (including phenoxy) is 3. The zero-order chi connectivity index (χ0) is 24.2. The van der Waals surface area contributed by atoms with Gasteiger partial charge in [-0.3, -0.25) is 5.32 Å². The highest BCUT2D eigenvalue weighted by atomic mass is 16.6. The van der Waals surface area contributed by atoms with Crippen molar-refractivity contribution in [2.45, 2.75) is 25.4 Å². The molecule has 2 saturated heterocycles. The fourth-order valence-electron chi connectivity index (χ4n) is 5.31. The van der Waals surface area contributed by atoms with E-state index in [9.17, 15) is 4.79 Å². The molecule has 0 spiro atoms. The number of fused-ring (bicyclic) bond motifs is 1. The maximum Gasteiger partial charge on any atom is 0.411 e. The summed E-state index contributed by atoms with van der Waals surface area (Å²) in [5, 5.41) is 2.90. The Hall–Kier alpha value is -2.97.